The Bertz CT molecular complexity index is 995. The van der Waals surface area contributed by atoms with E-state index in [1.165, 1.54) is 12.1 Å². The van der Waals surface area contributed by atoms with E-state index in [1.54, 1.807) is 6.07 Å². The summed E-state index contributed by atoms with van der Waals surface area (Å²) in [7, 11) is -3.38. The van der Waals surface area contributed by atoms with Crippen molar-refractivity contribution in [3.63, 3.8) is 0 Å². The van der Waals surface area contributed by atoms with Gasteiger partial charge in [0.25, 0.3) is 0 Å². The second-order valence-corrected chi connectivity index (χ2v) is 9.08. The third-order valence-corrected chi connectivity index (χ3v) is 5.93. The standard InChI is InChI=1S/C20H23FN2O2S/c1-20(2,18-13-22-19-12-16(21)8-9-17(18)19)14-23-26(24,25)11-10-15-6-4-3-5-7-15/h3-9,12-13,22-23H,10-11,14H2,1-2H3. The monoisotopic (exact) mass is 374 g/mol. The molecule has 0 aliphatic rings. The number of aromatic amines is 1. The lowest BCUT2D eigenvalue weighted by molar-refractivity contribution is 0.504. The van der Waals surface area contributed by atoms with Crippen molar-refractivity contribution >= 4 is 20.9 Å². The van der Waals surface area contributed by atoms with Crippen molar-refractivity contribution in [1.29, 1.82) is 0 Å². The number of hydrogen-bond acceptors (Lipinski definition) is 2. The van der Waals surface area contributed by atoms with Crippen LogP contribution >= 0.6 is 0 Å². The van der Waals surface area contributed by atoms with Gasteiger partial charge in [0.05, 0.1) is 5.75 Å². The lowest BCUT2D eigenvalue weighted by Gasteiger charge is -2.25. The molecule has 0 fully saturated rings. The van der Waals surface area contributed by atoms with E-state index in [0.29, 0.717) is 11.9 Å². The van der Waals surface area contributed by atoms with Gasteiger partial charge in [-0.25, -0.2) is 17.5 Å². The van der Waals surface area contributed by atoms with Gasteiger partial charge >= 0.3 is 0 Å². The molecule has 0 saturated carbocycles. The Balaban J connectivity index is 1.68. The first kappa shape index (κ1) is 18.6. The molecule has 4 nitrogen and oxygen atoms in total. The van der Waals surface area contributed by atoms with Crippen LogP contribution in [-0.2, 0) is 21.9 Å². The van der Waals surface area contributed by atoms with Gasteiger partial charge in [0.1, 0.15) is 5.82 Å². The number of rotatable bonds is 7. The fourth-order valence-corrected chi connectivity index (χ4v) is 4.24. The van der Waals surface area contributed by atoms with Crippen LogP contribution in [-0.4, -0.2) is 25.7 Å². The van der Waals surface area contributed by atoms with Gasteiger partial charge in [-0.2, -0.15) is 0 Å². The number of nitrogens with one attached hydrogen (secondary N) is 2. The highest BCUT2D eigenvalue weighted by Crippen LogP contribution is 2.30. The van der Waals surface area contributed by atoms with Gasteiger partial charge in [-0.1, -0.05) is 44.2 Å². The Morgan fingerprint density at radius 2 is 1.85 bits per heavy atom. The van der Waals surface area contributed by atoms with E-state index in [0.717, 1.165) is 16.5 Å². The maximum Gasteiger partial charge on any atom is 0.211 e. The van der Waals surface area contributed by atoms with Crippen LogP contribution in [0.5, 0.6) is 0 Å². The second kappa shape index (κ2) is 7.21. The molecular weight excluding hydrogens is 351 g/mol. The van der Waals surface area contributed by atoms with Crippen LogP contribution in [0.25, 0.3) is 10.9 Å². The Labute approximate surface area is 153 Å². The molecule has 0 saturated heterocycles. The van der Waals surface area contributed by atoms with Crippen LogP contribution in [0.3, 0.4) is 0 Å². The zero-order valence-corrected chi connectivity index (χ0v) is 15.7. The molecule has 0 atom stereocenters. The van der Waals surface area contributed by atoms with Crippen LogP contribution in [0.15, 0.2) is 54.7 Å². The van der Waals surface area contributed by atoms with Crippen LogP contribution in [0.4, 0.5) is 4.39 Å². The zero-order valence-electron chi connectivity index (χ0n) is 14.9. The lowest BCUT2D eigenvalue weighted by atomic mass is 9.85. The third kappa shape index (κ3) is 4.31. The molecule has 0 unspecified atom stereocenters. The number of aryl methyl sites for hydroxylation is 1. The quantitative estimate of drug-likeness (QED) is 0.662. The highest BCUT2D eigenvalue weighted by atomic mass is 32.2. The minimum Gasteiger partial charge on any atom is -0.361 e. The van der Waals surface area contributed by atoms with E-state index in [9.17, 15) is 12.8 Å². The molecule has 0 spiro atoms. The normalized spacial score (nSPS) is 12.6. The van der Waals surface area contributed by atoms with E-state index in [2.05, 4.69) is 9.71 Å². The summed E-state index contributed by atoms with van der Waals surface area (Å²) in [6, 6.07) is 14.1. The molecule has 2 N–H and O–H groups in total. The fraction of sp³-hybridized carbons (Fsp3) is 0.300. The van der Waals surface area contributed by atoms with Gasteiger partial charge in [0.15, 0.2) is 0 Å². The second-order valence-electron chi connectivity index (χ2n) is 7.15. The summed E-state index contributed by atoms with van der Waals surface area (Å²) in [4.78, 5) is 3.06. The number of halogens is 1. The van der Waals surface area contributed by atoms with E-state index >= 15 is 0 Å². The first-order valence-corrected chi connectivity index (χ1v) is 10.2. The highest BCUT2D eigenvalue weighted by Gasteiger charge is 2.26. The largest absolute Gasteiger partial charge is 0.361 e. The Morgan fingerprint density at radius 1 is 1.12 bits per heavy atom. The smallest absolute Gasteiger partial charge is 0.211 e. The molecule has 6 heteroatoms. The first-order chi connectivity index (χ1) is 12.3. The summed E-state index contributed by atoms with van der Waals surface area (Å²) in [6.07, 6.45) is 2.30. The van der Waals surface area contributed by atoms with E-state index in [4.69, 9.17) is 0 Å². The molecule has 2 aromatic carbocycles. The van der Waals surface area contributed by atoms with Gasteiger partial charge in [-0.05, 0) is 35.7 Å². The maximum absolute atomic E-state index is 13.4. The molecule has 138 valence electrons. The molecule has 0 bridgehead atoms. The zero-order chi connectivity index (χ0) is 18.8. The van der Waals surface area contributed by atoms with E-state index in [-0.39, 0.29) is 18.1 Å². The van der Waals surface area contributed by atoms with E-state index in [1.807, 2.05) is 50.4 Å². The molecule has 0 radical (unpaired) electrons. The van der Waals surface area contributed by atoms with Crippen molar-refractivity contribution in [2.45, 2.75) is 25.7 Å². The van der Waals surface area contributed by atoms with Crippen molar-refractivity contribution in [3.05, 3.63) is 71.7 Å². The molecule has 0 aliphatic heterocycles. The maximum atomic E-state index is 13.4. The molecule has 0 aliphatic carbocycles. The number of hydrogen-bond donors (Lipinski definition) is 2. The van der Waals surface area contributed by atoms with E-state index < -0.39 is 15.4 Å². The van der Waals surface area contributed by atoms with Crippen molar-refractivity contribution in [1.82, 2.24) is 9.71 Å². The topological polar surface area (TPSA) is 62.0 Å². The van der Waals surface area contributed by atoms with Gasteiger partial charge in [-0.3, -0.25) is 0 Å². The number of benzene rings is 2. The number of sulfonamides is 1. The SMILES string of the molecule is CC(C)(CNS(=O)(=O)CCc1ccccc1)c1c[nH]c2cc(F)ccc12. The average molecular weight is 374 g/mol. The number of H-pyrrole nitrogens is 1. The van der Waals surface area contributed by atoms with Crippen LogP contribution in [0, 0.1) is 5.82 Å². The summed E-state index contributed by atoms with van der Waals surface area (Å²) >= 11 is 0. The van der Waals surface area contributed by atoms with Crippen LogP contribution in [0.1, 0.15) is 25.0 Å². The van der Waals surface area contributed by atoms with Crippen LogP contribution in [0.2, 0.25) is 0 Å². The van der Waals surface area contributed by atoms with Gasteiger partial charge in [-0.15, -0.1) is 0 Å². The van der Waals surface area contributed by atoms with Crippen molar-refractivity contribution in [2.24, 2.45) is 0 Å². The molecular formula is C20H23FN2O2S. The Hall–Kier alpha value is -2.18. The predicted molar refractivity (Wildman–Crippen MR) is 103 cm³/mol. The summed E-state index contributed by atoms with van der Waals surface area (Å²) in [5.74, 6) is -0.253. The molecule has 3 aromatic rings. The highest BCUT2D eigenvalue weighted by molar-refractivity contribution is 7.89. The third-order valence-electron chi connectivity index (χ3n) is 4.61. The minimum absolute atomic E-state index is 0.0478. The first-order valence-electron chi connectivity index (χ1n) is 8.55. The summed E-state index contributed by atoms with van der Waals surface area (Å²) in [6.45, 7) is 4.21. The fourth-order valence-electron chi connectivity index (χ4n) is 3.01. The summed E-state index contributed by atoms with van der Waals surface area (Å²) < 4.78 is 40.8. The predicted octanol–water partition coefficient (Wildman–Crippen LogP) is 3.75. The Kier molecular flexibility index (Phi) is 5.16. The lowest BCUT2D eigenvalue weighted by Crippen LogP contribution is -2.38. The Morgan fingerprint density at radius 3 is 2.58 bits per heavy atom. The minimum atomic E-state index is -3.38. The summed E-state index contributed by atoms with van der Waals surface area (Å²) in [5.41, 5.74) is 2.23. The van der Waals surface area contributed by atoms with Crippen molar-refractivity contribution in [3.8, 4) is 0 Å². The van der Waals surface area contributed by atoms with Crippen molar-refractivity contribution < 1.29 is 12.8 Å². The van der Waals surface area contributed by atoms with Crippen LogP contribution < -0.4 is 4.72 Å². The molecule has 26 heavy (non-hydrogen) atoms. The molecule has 3 rings (SSSR count). The molecule has 1 heterocycles. The summed E-state index contributed by atoms with van der Waals surface area (Å²) in [5, 5.41) is 0.903. The molecule has 1 aromatic heterocycles. The van der Waals surface area contributed by atoms with Gasteiger partial charge in [0, 0.05) is 29.1 Å². The number of fused-ring (bicyclic) bond motifs is 1. The van der Waals surface area contributed by atoms with Gasteiger partial charge in [0.2, 0.25) is 10.0 Å². The van der Waals surface area contributed by atoms with Crippen molar-refractivity contribution in [2.75, 3.05) is 12.3 Å². The average Bonchev–Trinajstić information content (AvgIpc) is 3.03. The number of aromatic nitrogens is 1. The molecule has 0 amide bonds. The van der Waals surface area contributed by atoms with Gasteiger partial charge < -0.3 is 4.98 Å².